The second-order valence-corrected chi connectivity index (χ2v) is 12.7. The van der Waals surface area contributed by atoms with E-state index in [-0.39, 0.29) is 11.9 Å². The standard InChI is InChI=1S/C38H45N7O6/c1-5-6-21-51-37-41-36(44(23-26-7-11-29(49-3)12-8-26)24-27-9-13-30(50-4)14-10-27)35-39-22-33(45(35)42-37)34(46)31-15-16-32(40-25(31)2)28-17-19-43(20-18-28)38(47)48/h7-16,22,28,34,46H,5-6,17-21,23-24H2,1-4H3,(H,47,48). The largest absolute Gasteiger partial charge is 0.497 e. The van der Waals surface area contributed by atoms with Gasteiger partial charge in [-0.05, 0) is 67.6 Å². The zero-order valence-electron chi connectivity index (χ0n) is 29.5. The zero-order chi connectivity index (χ0) is 35.9. The predicted octanol–water partition coefficient (Wildman–Crippen LogP) is 6.17. The van der Waals surface area contributed by atoms with Crippen LogP contribution < -0.4 is 19.1 Å². The van der Waals surface area contributed by atoms with Crippen LogP contribution in [0, 0.1) is 6.92 Å². The van der Waals surface area contributed by atoms with Crippen molar-refractivity contribution in [1.29, 1.82) is 0 Å². The van der Waals surface area contributed by atoms with Crippen molar-refractivity contribution in [3.63, 3.8) is 0 Å². The van der Waals surface area contributed by atoms with E-state index in [1.54, 1.807) is 24.9 Å². The first-order chi connectivity index (χ1) is 24.8. The van der Waals surface area contributed by atoms with Gasteiger partial charge in [-0.1, -0.05) is 43.7 Å². The molecular weight excluding hydrogens is 650 g/mol. The number of ether oxygens (including phenoxy) is 3. The third-order valence-electron chi connectivity index (χ3n) is 9.35. The summed E-state index contributed by atoms with van der Waals surface area (Å²) in [5.74, 6) is 2.25. The van der Waals surface area contributed by atoms with E-state index in [0.29, 0.717) is 74.0 Å². The van der Waals surface area contributed by atoms with Gasteiger partial charge in [0.25, 0.3) is 0 Å². The van der Waals surface area contributed by atoms with Crippen molar-refractivity contribution < 1.29 is 29.2 Å². The van der Waals surface area contributed by atoms with E-state index in [2.05, 4.69) is 11.8 Å². The molecule has 5 aromatic rings. The highest BCUT2D eigenvalue weighted by Crippen LogP contribution is 2.33. The molecule has 268 valence electrons. The van der Waals surface area contributed by atoms with Gasteiger partial charge in [-0.15, -0.1) is 5.10 Å². The number of hydrogen-bond donors (Lipinski definition) is 2. The number of carboxylic acid groups (broad SMARTS) is 1. The number of likely N-dealkylation sites (tertiary alicyclic amines) is 1. The number of aryl methyl sites for hydroxylation is 1. The molecule has 13 nitrogen and oxygen atoms in total. The van der Waals surface area contributed by atoms with Crippen LogP contribution >= 0.6 is 0 Å². The molecule has 0 bridgehead atoms. The number of hydrogen-bond acceptors (Lipinski definition) is 10. The van der Waals surface area contributed by atoms with Crippen molar-refractivity contribution in [2.45, 2.75) is 64.6 Å². The number of pyridine rings is 1. The van der Waals surface area contributed by atoms with Crippen molar-refractivity contribution in [2.24, 2.45) is 0 Å². The molecule has 13 heteroatoms. The average Bonchev–Trinajstić information content (AvgIpc) is 3.59. The summed E-state index contributed by atoms with van der Waals surface area (Å²) in [4.78, 5) is 29.5. The fourth-order valence-electron chi connectivity index (χ4n) is 6.37. The Hall–Kier alpha value is -5.43. The fraction of sp³-hybridized carbons (Fsp3) is 0.395. The molecule has 51 heavy (non-hydrogen) atoms. The highest BCUT2D eigenvalue weighted by molar-refractivity contribution is 5.66. The number of piperidine rings is 1. The molecule has 0 spiro atoms. The lowest BCUT2D eigenvalue weighted by Crippen LogP contribution is -2.37. The minimum atomic E-state index is -1.08. The maximum atomic E-state index is 11.8. The Morgan fingerprint density at radius 1 is 0.941 bits per heavy atom. The maximum absolute atomic E-state index is 11.8. The first-order valence-corrected chi connectivity index (χ1v) is 17.3. The fourth-order valence-corrected chi connectivity index (χ4v) is 6.37. The summed E-state index contributed by atoms with van der Waals surface area (Å²) in [6.45, 7) is 6.37. The minimum absolute atomic E-state index is 0.154. The highest BCUT2D eigenvalue weighted by Gasteiger charge is 2.27. The summed E-state index contributed by atoms with van der Waals surface area (Å²) < 4.78 is 18.5. The third kappa shape index (κ3) is 8.15. The molecule has 1 aliphatic rings. The summed E-state index contributed by atoms with van der Waals surface area (Å²) in [6.07, 6.45) is 2.85. The Kier molecular flexibility index (Phi) is 11.2. The van der Waals surface area contributed by atoms with Crippen molar-refractivity contribution in [1.82, 2.24) is 29.5 Å². The van der Waals surface area contributed by atoms with Gasteiger partial charge in [-0.25, -0.2) is 14.3 Å². The Morgan fingerprint density at radius 2 is 1.57 bits per heavy atom. The number of nitrogens with zero attached hydrogens (tertiary/aromatic N) is 7. The van der Waals surface area contributed by atoms with Crippen LogP contribution in [0.1, 0.15) is 78.4 Å². The first kappa shape index (κ1) is 35.4. The second kappa shape index (κ2) is 16.1. The monoisotopic (exact) mass is 695 g/mol. The molecule has 3 aromatic heterocycles. The lowest BCUT2D eigenvalue weighted by Gasteiger charge is -2.30. The Bertz CT molecular complexity index is 1870. The number of anilines is 1. The Balaban J connectivity index is 1.37. The van der Waals surface area contributed by atoms with Crippen LogP contribution in [0.2, 0.25) is 0 Å². The molecule has 2 N–H and O–H groups in total. The molecule has 4 heterocycles. The van der Waals surface area contributed by atoms with Crippen LogP contribution in [0.4, 0.5) is 10.6 Å². The third-order valence-corrected chi connectivity index (χ3v) is 9.35. The summed E-state index contributed by atoms with van der Waals surface area (Å²) in [7, 11) is 3.29. The average molecular weight is 696 g/mol. The number of aliphatic hydroxyl groups excluding tert-OH is 1. The zero-order valence-corrected chi connectivity index (χ0v) is 29.5. The quantitative estimate of drug-likeness (QED) is 0.129. The van der Waals surface area contributed by atoms with Gasteiger partial charge in [0.1, 0.15) is 17.6 Å². The van der Waals surface area contributed by atoms with Crippen LogP contribution in [0.15, 0.2) is 66.9 Å². The molecule has 1 atom stereocenters. The topological polar surface area (TPSA) is 148 Å². The van der Waals surface area contributed by atoms with E-state index in [4.69, 9.17) is 34.3 Å². The van der Waals surface area contributed by atoms with Gasteiger partial charge in [-0.3, -0.25) is 4.98 Å². The SMILES string of the molecule is CCCCOc1nc(N(Cc2ccc(OC)cc2)Cc2ccc(OC)cc2)c2ncc(C(O)c3ccc(C4CCN(C(=O)O)CC4)nc3C)n2n1. The van der Waals surface area contributed by atoms with Crippen LogP contribution in [-0.4, -0.2) is 79.7 Å². The van der Waals surface area contributed by atoms with Crippen LogP contribution in [-0.2, 0) is 13.1 Å². The van der Waals surface area contributed by atoms with Crippen molar-refractivity contribution >= 4 is 17.6 Å². The van der Waals surface area contributed by atoms with Gasteiger partial charge >= 0.3 is 12.1 Å². The number of rotatable bonds is 14. The van der Waals surface area contributed by atoms with E-state index in [9.17, 15) is 15.0 Å². The van der Waals surface area contributed by atoms with Crippen LogP contribution in [0.3, 0.4) is 0 Å². The van der Waals surface area contributed by atoms with Crippen LogP contribution in [0.5, 0.6) is 17.5 Å². The molecule has 1 aliphatic heterocycles. The van der Waals surface area contributed by atoms with Gasteiger partial charge in [0, 0.05) is 49.0 Å². The smallest absolute Gasteiger partial charge is 0.407 e. The number of aliphatic hydroxyl groups is 1. The number of aromatic nitrogens is 5. The van der Waals surface area contributed by atoms with Gasteiger partial charge in [0.15, 0.2) is 11.5 Å². The molecule has 0 aliphatic carbocycles. The summed E-state index contributed by atoms with van der Waals surface area (Å²) >= 11 is 0. The van der Waals surface area contributed by atoms with Gasteiger partial charge < -0.3 is 34.2 Å². The number of benzene rings is 2. The van der Waals surface area contributed by atoms with Crippen molar-refractivity contribution in [3.8, 4) is 17.5 Å². The number of amides is 1. The molecule has 1 unspecified atom stereocenters. The molecular formula is C38H45N7O6. The number of imidazole rings is 1. The first-order valence-electron chi connectivity index (χ1n) is 17.3. The van der Waals surface area contributed by atoms with Crippen molar-refractivity contribution in [2.75, 3.05) is 38.8 Å². The predicted molar refractivity (Wildman–Crippen MR) is 192 cm³/mol. The Morgan fingerprint density at radius 3 is 2.12 bits per heavy atom. The number of fused-ring (bicyclic) bond motifs is 1. The molecule has 1 fully saturated rings. The van der Waals surface area contributed by atoms with Gasteiger partial charge in [0.2, 0.25) is 0 Å². The molecule has 1 saturated heterocycles. The molecule has 0 radical (unpaired) electrons. The summed E-state index contributed by atoms with van der Waals surface area (Å²) in [5, 5.41) is 25.9. The number of unbranched alkanes of at least 4 members (excludes halogenated alkanes) is 1. The van der Waals surface area contributed by atoms with Gasteiger partial charge in [0.05, 0.1) is 32.7 Å². The summed E-state index contributed by atoms with van der Waals surface area (Å²) in [5.41, 5.74) is 5.22. The van der Waals surface area contributed by atoms with E-state index in [0.717, 1.165) is 41.2 Å². The normalized spacial score (nSPS) is 14.0. The maximum Gasteiger partial charge on any atom is 0.407 e. The molecule has 2 aromatic carbocycles. The number of carbonyl (C=O) groups is 1. The molecule has 6 rings (SSSR count). The lowest BCUT2D eigenvalue weighted by molar-refractivity contribution is 0.131. The highest BCUT2D eigenvalue weighted by atomic mass is 16.5. The van der Waals surface area contributed by atoms with E-state index in [1.165, 1.54) is 4.90 Å². The molecule has 1 amide bonds. The molecule has 0 saturated carbocycles. The van der Waals surface area contributed by atoms with Gasteiger partial charge in [-0.2, -0.15) is 4.98 Å². The minimum Gasteiger partial charge on any atom is -0.497 e. The van der Waals surface area contributed by atoms with E-state index in [1.807, 2.05) is 67.6 Å². The summed E-state index contributed by atoms with van der Waals surface area (Å²) in [6, 6.07) is 19.8. The Labute approximate surface area is 297 Å². The lowest BCUT2D eigenvalue weighted by atomic mass is 9.92. The second-order valence-electron chi connectivity index (χ2n) is 12.7. The van der Waals surface area contributed by atoms with Crippen molar-refractivity contribution in [3.05, 3.63) is 101 Å². The number of methoxy groups -OCH3 is 2. The van der Waals surface area contributed by atoms with Crippen LogP contribution in [0.25, 0.3) is 5.65 Å². The van der Waals surface area contributed by atoms with E-state index < -0.39 is 12.2 Å². The van der Waals surface area contributed by atoms with E-state index >= 15 is 0 Å².